The minimum atomic E-state index is -1.15. The fraction of sp³-hybridized carbons (Fsp3) is 0.217. The smallest absolute Gasteiger partial charge is 0.250 e. The third kappa shape index (κ3) is 2.42. The van der Waals surface area contributed by atoms with Crippen LogP contribution in [0.15, 0.2) is 71.3 Å². The summed E-state index contributed by atoms with van der Waals surface area (Å²) < 4.78 is 18.9. The molecule has 0 unspecified atom stereocenters. The van der Waals surface area contributed by atoms with Gasteiger partial charge in [-0.05, 0) is 42.9 Å². The molecule has 1 aromatic heterocycles. The summed E-state index contributed by atoms with van der Waals surface area (Å²) >= 11 is 0. The zero-order chi connectivity index (χ0) is 20.2. The second-order valence-electron chi connectivity index (χ2n) is 7.62. The van der Waals surface area contributed by atoms with Gasteiger partial charge in [0.2, 0.25) is 11.7 Å². The third-order valence-electron chi connectivity index (χ3n) is 6.20. The fourth-order valence-electron chi connectivity index (χ4n) is 4.98. The van der Waals surface area contributed by atoms with Crippen LogP contribution in [0.5, 0.6) is 0 Å². The number of likely N-dealkylation sites (tertiary alicyclic amines) is 1. The molecule has 0 bridgehead atoms. The van der Waals surface area contributed by atoms with Gasteiger partial charge in [-0.3, -0.25) is 14.5 Å². The van der Waals surface area contributed by atoms with Crippen LogP contribution in [0, 0.1) is 11.7 Å². The van der Waals surface area contributed by atoms with E-state index in [4.69, 9.17) is 4.42 Å². The lowest BCUT2D eigenvalue weighted by Gasteiger charge is -2.35. The Bertz CT molecular complexity index is 1090. The van der Waals surface area contributed by atoms with E-state index in [-0.39, 0.29) is 29.2 Å². The van der Waals surface area contributed by atoms with Gasteiger partial charge in [-0.2, -0.15) is 0 Å². The molecular formula is C23H19FN2O3. The van der Waals surface area contributed by atoms with Crippen molar-refractivity contribution in [3.63, 3.8) is 0 Å². The lowest BCUT2D eigenvalue weighted by molar-refractivity contribution is -0.126. The molecular weight excluding hydrogens is 371 g/mol. The van der Waals surface area contributed by atoms with Crippen molar-refractivity contribution in [2.75, 3.05) is 18.9 Å². The SMILES string of the molecule is CN1C[C@H](c2ccc(F)cc2)[C@@H](C(=O)c2ccco2)[C@]12C(=O)Nc1ccccc12. The summed E-state index contributed by atoms with van der Waals surface area (Å²) in [5.41, 5.74) is 1.15. The Morgan fingerprint density at radius 3 is 2.62 bits per heavy atom. The largest absolute Gasteiger partial charge is 0.461 e. The first-order valence-electron chi connectivity index (χ1n) is 9.49. The Kier molecular flexibility index (Phi) is 3.93. The number of ketones is 1. The molecule has 0 saturated carbocycles. The zero-order valence-electron chi connectivity index (χ0n) is 15.8. The average molecular weight is 390 g/mol. The van der Waals surface area contributed by atoms with Crippen molar-refractivity contribution in [2.45, 2.75) is 11.5 Å². The van der Waals surface area contributed by atoms with Crippen molar-refractivity contribution < 1.29 is 18.4 Å². The molecule has 2 aliphatic heterocycles. The maximum atomic E-state index is 13.6. The monoisotopic (exact) mass is 390 g/mol. The number of anilines is 1. The highest BCUT2D eigenvalue weighted by atomic mass is 19.1. The summed E-state index contributed by atoms with van der Waals surface area (Å²) in [5, 5.41) is 2.95. The van der Waals surface area contributed by atoms with Crippen LogP contribution in [0.4, 0.5) is 10.1 Å². The van der Waals surface area contributed by atoms with E-state index in [9.17, 15) is 14.0 Å². The summed E-state index contributed by atoms with van der Waals surface area (Å²) in [5.74, 6) is -1.60. The van der Waals surface area contributed by atoms with Crippen LogP contribution in [0.2, 0.25) is 0 Å². The summed E-state index contributed by atoms with van der Waals surface area (Å²) in [6.07, 6.45) is 1.45. The highest BCUT2D eigenvalue weighted by Crippen LogP contribution is 2.55. The number of rotatable bonds is 3. The van der Waals surface area contributed by atoms with Gasteiger partial charge in [0, 0.05) is 23.7 Å². The summed E-state index contributed by atoms with van der Waals surface area (Å²) in [7, 11) is 1.85. The van der Waals surface area contributed by atoms with E-state index in [0.717, 1.165) is 11.1 Å². The Morgan fingerprint density at radius 1 is 1.14 bits per heavy atom. The number of amides is 1. The number of fused-ring (bicyclic) bond motifs is 2. The number of likely N-dealkylation sites (N-methyl/N-ethyl adjacent to an activating group) is 1. The van der Waals surface area contributed by atoms with Crippen molar-refractivity contribution in [1.82, 2.24) is 4.90 Å². The number of nitrogens with one attached hydrogen (secondary N) is 1. The number of halogens is 1. The van der Waals surface area contributed by atoms with Crippen molar-refractivity contribution >= 4 is 17.4 Å². The maximum Gasteiger partial charge on any atom is 0.250 e. The number of furan rings is 1. The normalized spacial score (nSPS) is 25.9. The van der Waals surface area contributed by atoms with Crippen LogP contribution < -0.4 is 5.32 Å². The Morgan fingerprint density at radius 2 is 1.90 bits per heavy atom. The van der Waals surface area contributed by atoms with E-state index >= 15 is 0 Å². The van der Waals surface area contributed by atoms with Gasteiger partial charge in [-0.1, -0.05) is 30.3 Å². The topological polar surface area (TPSA) is 62.6 Å². The molecule has 0 radical (unpaired) electrons. The van der Waals surface area contributed by atoms with Crippen LogP contribution in [-0.4, -0.2) is 30.2 Å². The molecule has 1 saturated heterocycles. The molecule has 1 amide bonds. The number of para-hydroxylation sites is 1. The van der Waals surface area contributed by atoms with E-state index in [0.29, 0.717) is 12.2 Å². The Balaban J connectivity index is 1.73. The van der Waals surface area contributed by atoms with Gasteiger partial charge >= 0.3 is 0 Å². The molecule has 2 aliphatic rings. The average Bonchev–Trinajstić information content (AvgIpc) is 3.42. The van der Waals surface area contributed by atoms with Gasteiger partial charge in [0.05, 0.1) is 12.2 Å². The van der Waals surface area contributed by atoms with Crippen LogP contribution in [0.25, 0.3) is 0 Å². The van der Waals surface area contributed by atoms with Crippen molar-refractivity contribution in [1.29, 1.82) is 0 Å². The lowest BCUT2D eigenvalue weighted by atomic mass is 9.71. The molecule has 6 heteroatoms. The van der Waals surface area contributed by atoms with Crippen LogP contribution in [0.3, 0.4) is 0 Å². The number of nitrogens with zero attached hydrogens (tertiary/aromatic N) is 1. The molecule has 2 aromatic carbocycles. The highest BCUT2D eigenvalue weighted by molar-refractivity contribution is 6.11. The predicted octanol–water partition coefficient (Wildman–Crippen LogP) is 3.79. The first-order chi connectivity index (χ1) is 14.0. The molecule has 1 fully saturated rings. The number of hydrogen-bond donors (Lipinski definition) is 1. The second kappa shape index (κ2) is 6.39. The summed E-state index contributed by atoms with van der Waals surface area (Å²) in [4.78, 5) is 29.0. The number of hydrogen-bond acceptors (Lipinski definition) is 4. The number of benzene rings is 2. The van der Waals surface area contributed by atoms with Gasteiger partial charge in [0.1, 0.15) is 11.4 Å². The molecule has 3 heterocycles. The van der Waals surface area contributed by atoms with Crippen LogP contribution in [0.1, 0.15) is 27.6 Å². The van der Waals surface area contributed by atoms with Gasteiger partial charge < -0.3 is 9.73 Å². The standard InChI is InChI=1S/C23H19FN2O3/c1-26-13-16(14-8-10-15(24)11-9-14)20(21(27)19-7-4-12-29-19)23(26)17-5-2-3-6-18(17)25-22(23)28/h2-12,16,20H,13H2,1H3,(H,25,28)/t16-,20+,23-/m1/s1. The molecule has 0 aliphatic carbocycles. The van der Waals surface area contributed by atoms with Crippen LogP contribution in [-0.2, 0) is 10.3 Å². The number of carbonyl (C=O) groups excluding carboxylic acids is 2. The minimum absolute atomic E-state index is 0.217. The molecule has 3 aromatic rings. The van der Waals surface area contributed by atoms with E-state index < -0.39 is 11.5 Å². The Hall–Kier alpha value is -3.25. The van der Waals surface area contributed by atoms with Crippen molar-refractivity contribution in [2.24, 2.45) is 5.92 Å². The first-order valence-corrected chi connectivity index (χ1v) is 9.49. The molecule has 5 nitrogen and oxygen atoms in total. The highest BCUT2D eigenvalue weighted by Gasteiger charge is 2.64. The quantitative estimate of drug-likeness (QED) is 0.691. The van der Waals surface area contributed by atoms with Crippen LogP contribution >= 0.6 is 0 Å². The molecule has 3 atom stereocenters. The molecule has 146 valence electrons. The summed E-state index contributed by atoms with van der Waals surface area (Å²) in [6.45, 7) is 0.477. The summed E-state index contributed by atoms with van der Waals surface area (Å²) in [6, 6.07) is 16.9. The van der Waals surface area contributed by atoms with Gasteiger partial charge in [-0.15, -0.1) is 0 Å². The van der Waals surface area contributed by atoms with Crippen molar-refractivity contribution in [3.8, 4) is 0 Å². The Labute approximate surface area is 167 Å². The van der Waals surface area contributed by atoms with E-state index in [1.54, 1.807) is 24.3 Å². The molecule has 5 rings (SSSR count). The van der Waals surface area contributed by atoms with Gasteiger partial charge in [0.25, 0.3) is 0 Å². The molecule has 1 spiro atoms. The first kappa shape index (κ1) is 17.8. The predicted molar refractivity (Wildman–Crippen MR) is 105 cm³/mol. The van der Waals surface area contributed by atoms with E-state index in [2.05, 4.69) is 5.32 Å². The second-order valence-corrected chi connectivity index (χ2v) is 7.62. The minimum Gasteiger partial charge on any atom is -0.461 e. The van der Waals surface area contributed by atoms with E-state index in [1.165, 1.54) is 18.4 Å². The number of Topliss-reactive ketones (excluding diaryl/α,β-unsaturated/α-hetero) is 1. The van der Waals surface area contributed by atoms with E-state index in [1.807, 2.05) is 36.2 Å². The van der Waals surface area contributed by atoms with Gasteiger partial charge in [-0.25, -0.2) is 4.39 Å². The molecule has 1 N–H and O–H groups in total. The number of carbonyl (C=O) groups is 2. The van der Waals surface area contributed by atoms with Gasteiger partial charge in [0.15, 0.2) is 5.76 Å². The lowest BCUT2D eigenvalue weighted by Crippen LogP contribution is -2.51. The third-order valence-corrected chi connectivity index (χ3v) is 6.20. The zero-order valence-corrected chi connectivity index (χ0v) is 15.8. The fourth-order valence-corrected chi connectivity index (χ4v) is 4.98. The van der Waals surface area contributed by atoms with Crippen molar-refractivity contribution in [3.05, 3.63) is 89.6 Å². The maximum absolute atomic E-state index is 13.6. The molecule has 29 heavy (non-hydrogen) atoms.